The zero-order valence-corrected chi connectivity index (χ0v) is 13.7. The summed E-state index contributed by atoms with van der Waals surface area (Å²) in [4.78, 5) is 25.0. The van der Waals surface area contributed by atoms with E-state index in [4.69, 9.17) is 18.3 Å². The molecule has 1 N–H and O–H groups in total. The number of H-pyrrole nitrogens is 1. The highest BCUT2D eigenvalue weighted by Gasteiger charge is 2.28. The van der Waals surface area contributed by atoms with Gasteiger partial charge in [0.25, 0.3) is 5.56 Å². The van der Waals surface area contributed by atoms with Crippen molar-refractivity contribution < 1.29 is 18.3 Å². The minimum Gasteiger partial charge on any atom is -0.352 e. The maximum Gasteiger partial charge on any atom is 0.332 e. The normalized spacial score (nSPS) is 23.1. The van der Waals surface area contributed by atoms with E-state index in [-0.39, 0.29) is 12.2 Å². The standard InChI is InChI=1S/C13H21N2O6P/c1-9(2)21-22(18-3)19-8-10-4-5-12(20-10)15-7-6-11(16)14-13(15)17/h6-7,9-10,12H,4-5,8H2,1-3H3,(H,14,16,17)/t10?,12?,22-/m1/s1. The van der Waals surface area contributed by atoms with Gasteiger partial charge in [-0.15, -0.1) is 0 Å². The van der Waals surface area contributed by atoms with Crippen LogP contribution in [0.25, 0.3) is 0 Å². The van der Waals surface area contributed by atoms with Crippen molar-refractivity contribution in [3.8, 4) is 0 Å². The van der Waals surface area contributed by atoms with Crippen molar-refractivity contribution >= 4 is 8.60 Å². The second-order valence-electron chi connectivity index (χ2n) is 5.16. The van der Waals surface area contributed by atoms with Gasteiger partial charge in [0, 0.05) is 19.4 Å². The largest absolute Gasteiger partial charge is 0.352 e. The van der Waals surface area contributed by atoms with Gasteiger partial charge in [0.15, 0.2) is 0 Å². The van der Waals surface area contributed by atoms with E-state index in [2.05, 4.69) is 4.98 Å². The highest BCUT2D eigenvalue weighted by Crippen LogP contribution is 2.41. The van der Waals surface area contributed by atoms with Crippen molar-refractivity contribution in [1.82, 2.24) is 9.55 Å². The number of ether oxygens (including phenoxy) is 1. The van der Waals surface area contributed by atoms with Gasteiger partial charge < -0.3 is 18.3 Å². The van der Waals surface area contributed by atoms with Crippen LogP contribution >= 0.6 is 8.60 Å². The minimum absolute atomic E-state index is 0.0167. The molecular weight excluding hydrogens is 311 g/mol. The van der Waals surface area contributed by atoms with E-state index >= 15 is 0 Å². The first-order valence-electron chi connectivity index (χ1n) is 7.10. The molecule has 0 radical (unpaired) electrons. The van der Waals surface area contributed by atoms with Crippen molar-refractivity contribution in [2.75, 3.05) is 13.7 Å². The van der Waals surface area contributed by atoms with Crippen LogP contribution in [-0.4, -0.2) is 35.5 Å². The summed E-state index contributed by atoms with van der Waals surface area (Å²) in [6.07, 6.45) is 2.36. The molecule has 1 saturated heterocycles. The summed E-state index contributed by atoms with van der Waals surface area (Å²) < 4.78 is 23.3. The van der Waals surface area contributed by atoms with Crippen LogP contribution < -0.4 is 11.2 Å². The number of aromatic nitrogens is 2. The number of nitrogens with one attached hydrogen (secondary N) is 1. The Morgan fingerprint density at radius 2 is 2.23 bits per heavy atom. The van der Waals surface area contributed by atoms with Gasteiger partial charge >= 0.3 is 14.3 Å². The first kappa shape index (κ1) is 17.3. The van der Waals surface area contributed by atoms with E-state index in [0.29, 0.717) is 13.0 Å². The Morgan fingerprint density at radius 3 is 2.86 bits per heavy atom. The lowest BCUT2D eigenvalue weighted by Gasteiger charge is -2.19. The van der Waals surface area contributed by atoms with Crippen molar-refractivity contribution in [3.05, 3.63) is 33.1 Å². The molecule has 2 unspecified atom stereocenters. The van der Waals surface area contributed by atoms with E-state index in [1.165, 1.54) is 23.9 Å². The molecule has 3 atom stereocenters. The third kappa shape index (κ3) is 4.72. The lowest BCUT2D eigenvalue weighted by Crippen LogP contribution is -2.31. The molecule has 0 aromatic carbocycles. The van der Waals surface area contributed by atoms with Gasteiger partial charge in [0.1, 0.15) is 6.23 Å². The molecule has 0 amide bonds. The van der Waals surface area contributed by atoms with E-state index in [1.807, 2.05) is 13.8 Å². The molecule has 2 rings (SSSR count). The van der Waals surface area contributed by atoms with Gasteiger partial charge in [-0.2, -0.15) is 0 Å². The van der Waals surface area contributed by atoms with Crippen LogP contribution in [0.4, 0.5) is 0 Å². The van der Waals surface area contributed by atoms with Gasteiger partial charge in [-0.1, -0.05) is 0 Å². The van der Waals surface area contributed by atoms with Gasteiger partial charge in [-0.05, 0) is 26.7 Å². The fraction of sp³-hybridized carbons (Fsp3) is 0.692. The van der Waals surface area contributed by atoms with Crippen LogP contribution in [-0.2, 0) is 18.3 Å². The van der Waals surface area contributed by atoms with Crippen LogP contribution in [0.15, 0.2) is 21.9 Å². The molecule has 9 heteroatoms. The summed E-state index contributed by atoms with van der Waals surface area (Å²) in [5.41, 5.74) is -0.892. The summed E-state index contributed by atoms with van der Waals surface area (Å²) in [5.74, 6) is 0. The van der Waals surface area contributed by atoms with E-state index in [0.717, 1.165) is 6.42 Å². The molecule has 124 valence electrons. The van der Waals surface area contributed by atoms with Gasteiger partial charge in [0.05, 0.1) is 18.8 Å². The van der Waals surface area contributed by atoms with E-state index in [9.17, 15) is 9.59 Å². The Balaban J connectivity index is 1.87. The molecule has 0 bridgehead atoms. The zero-order chi connectivity index (χ0) is 16.1. The topological polar surface area (TPSA) is 91.8 Å². The van der Waals surface area contributed by atoms with Crippen molar-refractivity contribution in [1.29, 1.82) is 0 Å². The maximum absolute atomic E-state index is 11.7. The quantitative estimate of drug-likeness (QED) is 0.761. The molecular formula is C13H21N2O6P. The van der Waals surface area contributed by atoms with Crippen molar-refractivity contribution in [3.63, 3.8) is 0 Å². The monoisotopic (exact) mass is 332 g/mol. The van der Waals surface area contributed by atoms with Crippen molar-refractivity contribution in [2.45, 2.75) is 45.1 Å². The highest BCUT2D eigenvalue weighted by molar-refractivity contribution is 7.41. The SMILES string of the molecule is CO[P@](OCC1CCC(n2ccc(=O)[nH]c2=O)O1)OC(C)C. The number of hydrogen-bond acceptors (Lipinski definition) is 6. The lowest BCUT2D eigenvalue weighted by atomic mass is 10.2. The Bertz CT molecular complexity index is 586. The lowest BCUT2D eigenvalue weighted by molar-refractivity contribution is -0.0240. The smallest absolute Gasteiger partial charge is 0.332 e. The summed E-state index contributed by atoms with van der Waals surface area (Å²) in [6, 6.07) is 1.30. The summed E-state index contributed by atoms with van der Waals surface area (Å²) in [5, 5.41) is 0. The molecule has 1 aliphatic heterocycles. The summed E-state index contributed by atoms with van der Waals surface area (Å²) >= 11 is 0. The molecule has 1 fully saturated rings. The highest BCUT2D eigenvalue weighted by atomic mass is 31.2. The minimum atomic E-state index is -1.39. The predicted molar refractivity (Wildman–Crippen MR) is 80.6 cm³/mol. The van der Waals surface area contributed by atoms with Gasteiger partial charge in [0.2, 0.25) is 0 Å². The molecule has 1 aliphatic rings. The Labute approximate surface area is 129 Å². The Kier molecular flexibility index (Phi) is 6.28. The Morgan fingerprint density at radius 1 is 1.45 bits per heavy atom. The first-order valence-corrected chi connectivity index (χ1v) is 8.20. The molecule has 1 aromatic rings. The maximum atomic E-state index is 11.7. The van der Waals surface area contributed by atoms with E-state index < -0.39 is 26.1 Å². The van der Waals surface area contributed by atoms with Crippen molar-refractivity contribution in [2.24, 2.45) is 0 Å². The molecule has 2 heterocycles. The second kappa shape index (κ2) is 7.99. The third-order valence-electron chi connectivity index (χ3n) is 3.06. The van der Waals surface area contributed by atoms with Crippen LogP contribution in [0, 0.1) is 0 Å². The molecule has 1 aromatic heterocycles. The van der Waals surface area contributed by atoms with Crippen LogP contribution in [0.3, 0.4) is 0 Å². The molecule has 8 nitrogen and oxygen atoms in total. The number of aromatic amines is 1. The van der Waals surface area contributed by atoms with Gasteiger partial charge in [-0.3, -0.25) is 14.3 Å². The fourth-order valence-corrected chi connectivity index (χ4v) is 2.99. The number of nitrogens with zero attached hydrogens (tertiary/aromatic N) is 1. The fourth-order valence-electron chi connectivity index (χ4n) is 2.11. The number of rotatable bonds is 7. The molecule has 0 aliphatic carbocycles. The van der Waals surface area contributed by atoms with Crippen LogP contribution in [0.2, 0.25) is 0 Å². The van der Waals surface area contributed by atoms with Crippen LogP contribution in [0.1, 0.15) is 32.9 Å². The third-order valence-corrected chi connectivity index (χ3v) is 4.31. The predicted octanol–water partition coefficient (Wildman–Crippen LogP) is 1.53. The van der Waals surface area contributed by atoms with Crippen LogP contribution in [0.5, 0.6) is 0 Å². The van der Waals surface area contributed by atoms with Gasteiger partial charge in [-0.25, -0.2) is 4.79 Å². The molecule has 0 spiro atoms. The summed E-state index contributed by atoms with van der Waals surface area (Å²) in [6.45, 7) is 4.14. The zero-order valence-electron chi connectivity index (χ0n) is 12.9. The van der Waals surface area contributed by atoms with E-state index in [1.54, 1.807) is 0 Å². The Hall–Kier alpha value is -1.05. The molecule has 22 heavy (non-hydrogen) atoms. The second-order valence-corrected chi connectivity index (χ2v) is 6.44. The average molecular weight is 332 g/mol. The number of hydrogen-bond donors (Lipinski definition) is 1. The average Bonchev–Trinajstić information content (AvgIpc) is 2.91. The molecule has 0 saturated carbocycles. The summed E-state index contributed by atoms with van der Waals surface area (Å²) in [7, 11) is 0.145. The first-order chi connectivity index (χ1) is 10.5.